The largest absolute Gasteiger partial charge is 0.486 e. The normalized spacial score (nSPS) is 17.0. The lowest BCUT2D eigenvalue weighted by atomic mass is 10.2. The Morgan fingerprint density at radius 2 is 2.08 bits per heavy atom. The Balaban J connectivity index is 1.52. The van der Waals surface area contributed by atoms with Crippen LogP contribution in [-0.4, -0.2) is 42.8 Å². The molecule has 0 saturated heterocycles. The smallest absolute Gasteiger partial charge is 0.317 e. The summed E-state index contributed by atoms with van der Waals surface area (Å²) in [6.07, 6.45) is 2.12. The van der Waals surface area contributed by atoms with Gasteiger partial charge in [-0.1, -0.05) is 12.1 Å². The van der Waals surface area contributed by atoms with Gasteiger partial charge in [0.15, 0.2) is 17.6 Å². The summed E-state index contributed by atoms with van der Waals surface area (Å²) in [7, 11) is 0. The maximum Gasteiger partial charge on any atom is 0.317 e. The molecular weight excluding hydrogens is 320 g/mol. The highest BCUT2D eigenvalue weighted by Gasteiger charge is 2.25. The van der Waals surface area contributed by atoms with Gasteiger partial charge in [-0.2, -0.15) is 0 Å². The molecule has 1 aromatic carbocycles. The first-order valence-corrected chi connectivity index (χ1v) is 8.62. The third-order valence-corrected chi connectivity index (χ3v) is 4.12. The topological polar surface area (TPSA) is 63.9 Å². The summed E-state index contributed by atoms with van der Waals surface area (Å²) in [6.45, 7) is 5.42. The fraction of sp³-hybridized carbons (Fsp3) is 0.421. The van der Waals surface area contributed by atoms with Crippen molar-refractivity contribution in [3.8, 4) is 11.5 Å². The van der Waals surface area contributed by atoms with Crippen molar-refractivity contribution in [3.05, 3.63) is 48.4 Å². The molecule has 0 saturated carbocycles. The first-order chi connectivity index (χ1) is 12.2. The number of benzene rings is 1. The maximum absolute atomic E-state index is 12.5. The number of rotatable bonds is 6. The minimum atomic E-state index is -0.180. The van der Waals surface area contributed by atoms with Crippen molar-refractivity contribution < 1.29 is 18.7 Å². The molecule has 25 heavy (non-hydrogen) atoms. The lowest BCUT2D eigenvalue weighted by molar-refractivity contribution is 0.0672. The Labute approximate surface area is 147 Å². The molecule has 2 aromatic rings. The average molecular weight is 344 g/mol. The van der Waals surface area contributed by atoms with E-state index in [9.17, 15) is 4.79 Å². The first-order valence-electron chi connectivity index (χ1n) is 8.62. The zero-order valence-electron chi connectivity index (χ0n) is 14.6. The van der Waals surface area contributed by atoms with E-state index in [4.69, 9.17) is 13.9 Å². The molecule has 2 amide bonds. The Hall–Kier alpha value is -2.63. The van der Waals surface area contributed by atoms with Crippen LogP contribution >= 0.6 is 0 Å². The predicted molar refractivity (Wildman–Crippen MR) is 94.0 cm³/mol. The fourth-order valence-corrected chi connectivity index (χ4v) is 2.84. The van der Waals surface area contributed by atoms with Crippen LogP contribution < -0.4 is 14.8 Å². The van der Waals surface area contributed by atoms with Crippen LogP contribution in [0.15, 0.2) is 47.1 Å². The molecule has 3 rings (SSSR count). The van der Waals surface area contributed by atoms with Gasteiger partial charge < -0.3 is 24.1 Å². The zero-order chi connectivity index (χ0) is 17.6. The molecule has 0 spiro atoms. The highest BCUT2D eigenvalue weighted by molar-refractivity contribution is 5.74. The number of amides is 2. The van der Waals surface area contributed by atoms with E-state index >= 15 is 0 Å². The number of fused-ring (bicyclic) bond motifs is 1. The molecule has 6 nitrogen and oxygen atoms in total. The van der Waals surface area contributed by atoms with Crippen molar-refractivity contribution in [2.24, 2.45) is 0 Å². The number of ether oxygens (including phenoxy) is 2. The molecule has 6 heteroatoms. The molecule has 1 N–H and O–H groups in total. The van der Waals surface area contributed by atoms with Crippen LogP contribution in [0.4, 0.5) is 4.79 Å². The van der Waals surface area contributed by atoms with Crippen molar-refractivity contribution in [2.75, 3.05) is 19.7 Å². The fourth-order valence-electron chi connectivity index (χ4n) is 2.84. The number of carbonyl (C=O) groups is 1. The number of urea groups is 1. The number of likely N-dealkylation sites (N-methyl/N-ethyl adjacent to an activating group) is 1. The number of hydrogen-bond acceptors (Lipinski definition) is 4. The molecule has 2 heterocycles. The lowest BCUT2D eigenvalue weighted by Gasteiger charge is -2.31. The van der Waals surface area contributed by atoms with Crippen molar-refractivity contribution in [3.63, 3.8) is 0 Å². The molecule has 0 bridgehead atoms. The van der Waals surface area contributed by atoms with E-state index in [1.165, 1.54) is 0 Å². The van der Waals surface area contributed by atoms with Gasteiger partial charge >= 0.3 is 6.03 Å². The summed E-state index contributed by atoms with van der Waals surface area (Å²) in [5.74, 6) is 2.33. The Morgan fingerprint density at radius 3 is 2.80 bits per heavy atom. The molecular formula is C19H24N2O4. The van der Waals surface area contributed by atoms with Crippen LogP contribution in [-0.2, 0) is 6.42 Å². The summed E-state index contributed by atoms with van der Waals surface area (Å²) in [4.78, 5) is 14.3. The van der Waals surface area contributed by atoms with E-state index in [2.05, 4.69) is 5.32 Å². The number of nitrogens with zero attached hydrogens (tertiary/aromatic N) is 1. The Bertz CT molecular complexity index is 686. The lowest BCUT2D eigenvalue weighted by Crippen LogP contribution is -2.49. The van der Waals surface area contributed by atoms with Gasteiger partial charge in [0.1, 0.15) is 12.4 Å². The summed E-state index contributed by atoms with van der Waals surface area (Å²) < 4.78 is 17.0. The number of carbonyl (C=O) groups excluding carboxylic acids is 1. The van der Waals surface area contributed by atoms with E-state index < -0.39 is 0 Å². The first kappa shape index (κ1) is 17.2. The van der Waals surface area contributed by atoms with E-state index in [-0.39, 0.29) is 18.2 Å². The molecule has 0 radical (unpaired) electrons. The second-order valence-electron chi connectivity index (χ2n) is 6.17. The number of furan rings is 1. The molecule has 1 aliphatic rings. The third-order valence-electron chi connectivity index (χ3n) is 4.12. The van der Waals surface area contributed by atoms with Gasteiger partial charge in [0.05, 0.1) is 12.8 Å². The van der Waals surface area contributed by atoms with Crippen molar-refractivity contribution >= 4 is 6.03 Å². The standard InChI is InChI=1S/C19H24N2O4/c1-3-21(19(22)20-14(2)11-15-7-6-10-23-15)12-16-13-24-17-8-4-5-9-18(17)25-16/h4-10,14,16H,3,11-13H2,1-2H3,(H,20,22)/t14-,16-/m0/s1. The van der Waals surface area contributed by atoms with Crippen molar-refractivity contribution in [1.82, 2.24) is 10.2 Å². The molecule has 2 atom stereocenters. The van der Waals surface area contributed by atoms with Crippen LogP contribution in [0, 0.1) is 0 Å². The van der Waals surface area contributed by atoms with Gasteiger partial charge in [0, 0.05) is 19.0 Å². The van der Waals surface area contributed by atoms with Crippen LogP contribution in [0.1, 0.15) is 19.6 Å². The molecule has 1 aliphatic heterocycles. The van der Waals surface area contributed by atoms with E-state index in [1.807, 2.05) is 50.2 Å². The minimum Gasteiger partial charge on any atom is -0.486 e. The zero-order valence-corrected chi connectivity index (χ0v) is 14.6. The Kier molecular flexibility index (Phi) is 5.48. The van der Waals surface area contributed by atoms with Gasteiger partial charge in [-0.15, -0.1) is 0 Å². The molecule has 1 aromatic heterocycles. The molecule has 0 aliphatic carbocycles. The van der Waals surface area contributed by atoms with Crippen LogP contribution in [0.2, 0.25) is 0 Å². The molecule has 0 fully saturated rings. The quantitative estimate of drug-likeness (QED) is 0.875. The summed E-state index contributed by atoms with van der Waals surface area (Å²) in [6, 6.07) is 11.2. The number of nitrogens with one attached hydrogen (secondary N) is 1. The number of hydrogen-bond donors (Lipinski definition) is 1. The van der Waals surface area contributed by atoms with Crippen LogP contribution in [0.5, 0.6) is 11.5 Å². The van der Waals surface area contributed by atoms with Gasteiger partial charge in [-0.25, -0.2) is 4.79 Å². The van der Waals surface area contributed by atoms with Gasteiger partial charge in [0.2, 0.25) is 0 Å². The second kappa shape index (κ2) is 7.96. The number of para-hydroxylation sites is 2. The van der Waals surface area contributed by atoms with E-state index in [1.54, 1.807) is 11.2 Å². The molecule has 0 unspecified atom stereocenters. The second-order valence-corrected chi connectivity index (χ2v) is 6.17. The third kappa shape index (κ3) is 4.47. The van der Waals surface area contributed by atoms with Crippen LogP contribution in [0.25, 0.3) is 0 Å². The van der Waals surface area contributed by atoms with E-state index in [0.717, 1.165) is 17.3 Å². The maximum atomic E-state index is 12.5. The van der Waals surface area contributed by atoms with Crippen molar-refractivity contribution in [1.29, 1.82) is 0 Å². The van der Waals surface area contributed by atoms with Gasteiger partial charge in [-0.05, 0) is 38.1 Å². The van der Waals surface area contributed by atoms with Crippen molar-refractivity contribution in [2.45, 2.75) is 32.4 Å². The summed E-state index contributed by atoms with van der Waals surface area (Å²) >= 11 is 0. The SMILES string of the molecule is CCN(C[C@H]1COc2ccccc2O1)C(=O)N[C@@H](C)Cc1ccco1. The highest BCUT2D eigenvalue weighted by Crippen LogP contribution is 2.31. The average Bonchev–Trinajstić information content (AvgIpc) is 3.12. The Morgan fingerprint density at radius 1 is 1.28 bits per heavy atom. The summed E-state index contributed by atoms with van der Waals surface area (Å²) in [5.41, 5.74) is 0. The van der Waals surface area contributed by atoms with Gasteiger partial charge in [-0.3, -0.25) is 0 Å². The van der Waals surface area contributed by atoms with Gasteiger partial charge in [0.25, 0.3) is 0 Å². The minimum absolute atomic E-state index is 0.0167. The monoisotopic (exact) mass is 344 g/mol. The highest BCUT2D eigenvalue weighted by atomic mass is 16.6. The van der Waals surface area contributed by atoms with Crippen LogP contribution in [0.3, 0.4) is 0 Å². The predicted octanol–water partition coefficient (Wildman–Crippen LogP) is 3.08. The van der Waals surface area contributed by atoms with E-state index in [0.29, 0.717) is 26.1 Å². The molecule has 134 valence electrons. The summed E-state index contributed by atoms with van der Waals surface area (Å²) in [5, 5.41) is 3.01.